The maximum Gasteiger partial charge on any atom is 0.339 e. The van der Waals surface area contributed by atoms with E-state index in [1.165, 1.54) is 10.9 Å². The molecule has 2 aromatic carbocycles. The Kier molecular flexibility index (Phi) is 7.15. The van der Waals surface area contributed by atoms with E-state index in [4.69, 9.17) is 23.7 Å². The van der Waals surface area contributed by atoms with Crippen molar-refractivity contribution >= 4 is 11.9 Å². The highest BCUT2D eigenvalue weighted by Gasteiger charge is 2.55. The Balaban J connectivity index is 1.56. The van der Waals surface area contributed by atoms with Crippen molar-refractivity contribution in [1.29, 1.82) is 0 Å². The molecule has 38 heavy (non-hydrogen) atoms. The van der Waals surface area contributed by atoms with Crippen molar-refractivity contribution in [3.05, 3.63) is 71.7 Å². The molecule has 13 heteroatoms. The topological polar surface area (TPSA) is 111 Å². The number of rotatable bonds is 5. The number of esters is 2. The van der Waals surface area contributed by atoms with E-state index in [0.717, 1.165) is 26.2 Å². The summed E-state index contributed by atoms with van der Waals surface area (Å²) in [5.74, 6) is -5.95. The number of ether oxygens (including phenoxy) is 5. The molecule has 6 atom stereocenters. The molecular formula is C25H22F3N3O7. The van der Waals surface area contributed by atoms with Gasteiger partial charge in [0.15, 0.2) is 35.9 Å². The van der Waals surface area contributed by atoms with Gasteiger partial charge in [-0.15, -0.1) is 5.10 Å². The first-order valence-electron chi connectivity index (χ1n) is 11.6. The predicted octanol–water partition coefficient (Wildman–Crippen LogP) is 2.89. The summed E-state index contributed by atoms with van der Waals surface area (Å²) in [6.07, 6.45) is -3.85. The van der Waals surface area contributed by atoms with Crippen molar-refractivity contribution in [3.8, 4) is 11.3 Å². The number of carbonyl (C=O) groups excluding carboxylic acids is 2. The van der Waals surface area contributed by atoms with Crippen LogP contribution in [0, 0.1) is 17.5 Å². The van der Waals surface area contributed by atoms with Crippen LogP contribution in [0.3, 0.4) is 0 Å². The number of aromatic nitrogens is 3. The van der Waals surface area contributed by atoms with Crippen LogP contribution in [0.2, 0.25) is 0 Å². The van der Waals surface area contributed by atoms with Gasteiger partial charge in [-0.2, -0.15) is 0 Å². The summed E-state index contributed by atoms with van der Waals surface area (Å²) in [5.41, 5.74) is 0.619. The van der Waals surface area contributed by atoms with E-state index < -0.39 is 66.1 Å². The SMILES string of the molecule is COC(=O)[C@@H]1O[C@@H]2COC(c3ccccc3)O[C@@H]2[C@H](n2cc(-c3cc(F)c(F)c(F)c3)nn2)[C@H]1OC(C)=O. The summed E-state index contributed by atoms with van der Waals surface area (Å²) in [7, 11) is 1.15. The van der Waals surface area contributed by atoms with E-state index in [9.17, 15) is 22.8 Å². The van der Waals surface area contributed by atoms with E-state index in [1.807, 2.05) is 18.2 Å². The number of benzene rings is 2. The Hall–Kier alpha value is -3.81. The molecule has 0 spiro atoms. The second-order valence-corrected chi connectivity index (χ2v) is 8.70. The van der Waals surface area contributed by atoms with Crippen LogP contribution >= 0.6 is 0 Å². The predicted molar refractivity (Wildman–Crippen MR) is 121 cm³/mol. The summed E-state index contributed by atoms with van der Waals surface area (Å²) in [6.45, 7) is 1.17. The van der Waals surface area contributed by atoms with Gasteiger partial charge in [0.05, 0.1) is 19.9 Å². The number of fused-ring (bicyclic) bond motifs is 1. The monoisotopic (exact) mass is 533 g/mol. The van der Waals surface area contributed by atoms with Gasteiger partial charge < -0.3 is 23.7 Å². The molecule has 2 aliphatic heterocycles. The van der Waals surface area contributed by atoms with Gasteiger partial charge in [-0.25, -0.2) is 22.6 Å². The highest BCUT2D eigenvalue weighted by Crippen LogP contribution is 2.41. The molecule has 200 valence electrons. The molecule has 3 aromatic rings. The molecule has 0 amide bonds. The molecule has 2 aliphatic rings. The van der Waals surface area contributed by atoms with Crippen molar-refractivity contribution in [2.75, 3.05) is 13.7 Å². The third kappa shape index (κ3) is 4.87. The quantitative estimate of drug-likeness (QED) is 0.361. The first-order chi connectivity index (χ1) is 18.3. The number of hydrogen-bond donors (Lipinski definition) is 0. The number of methoxy groups -OCH3 is 1. The number of nitrogens with zero attached hydrogens (tertiary/aromatic N) is 3. The molecule has 0 saturated carbocycles. The second kappa shape index (κ2) is 10.5. The molecule has 0 N–H and O–H groups in total. The highest BCUT2D eigenvalue weighted by atomic mass is 19.2. The van der Waals surface area contributed by atoms with Crippen molar-refractivity contribution < 1.29 is 46.4 Å². The van der Waals surface area contributed by atoms with Crippen LogP contribution in [0.1, 0.15) is 24.8 Å². The third-order valence-corrected chi connectivity index (χ3v) is 6.25. The normalized spacial score (nSPS) is 26.9. The maximum absolute atomic E-state index is 13.9. The van der Waals surface area contributed by atoms with Gasteiger partial charge in [-0.3, -0.25) is 4.79 Å². The van der Waals surface area contributed by atoms with E-state index >= 15 is 0 Å². The van der Waals surface area contributed by atoms with Gasteiger partial charge in [-0.1, -0.05) is 35.5 Å². The number of carbonyl (C=O) groups is 2. The number of halogens is 3. The van der Waals surface area contributed by atoms with Crippen molar-refractivity contribution in [2.45, 2.75) is 43.7 Å². The third-order valence-electron chi connectivity index (χ3n) is 6.25. The van der Waals surface area contributed by atoms with Gasteiger partial charge in [0.25, 0.3) is 0 Å². The fourth-order valence-electron chi connectivity index (χ4n) is 4.57. The standard InChI is InChI=1S/C25H22F3N3O7/c1-12(32)36-22-20(31-10-17(29-30-31)14-8-15(26)19(28)16(27)9-14)21-18(37-23(22)24(33)34-2)11-35-25(38-21)13-6-4-3-5-7-13/h3-10,18,20-23,25H,11H2,1-2H3/t18-,20+,21+,22-,23-,25?/m1/s1. The highest BCUT2D eigenvalue weighted by molar-refractivity contribution is 5.76. The Bertz CT molecular complexity index is 1320. The Morgan fingerprint density at radius 1 is 1.08 bits per heavy atom. The summed E-state index contributed by atoms with van der Waals surface area (Å²) < 4.78 is 70.8. The molecule has 5 rings (SSSR count). The Labute approximate surface area is 214 Å². The van der Waals surface area contributed by atoms with Gasteiger partial charge in [0.2, 0.25) is 0 Å². The maximum atomic E-state index is 13.9. The van der Waals surface area contributed by atoms with E-state index in [0.29, 0.717) is 5.56 Å². The molecule has 1 unspecified atom stereocenters. The Morgan fingerprint density at radius 2 is 1.79 bits per heavy atom. The van der Waals surface area contributed by atoms with Crippen molar-refractivity contribution in [2.24, 2.45) is 0 Å². The molecule has 10 nitrogen and oxygen atoms in total. The average molecular weight is 533 g/mol. The minimum absolute atomic E-state index is 0.00583. The zero-order chi connectivity index (χ0) is 27.0. The zero-order valence-corrected chi connectivity index (χ0v) is 20.1. The fourth-order valence-corrected chi connectivity index (χ4v) is 4.57. The molecule has 2 fully saturated rings. The van der Waals surface area contributed by atoms with E-state index in [2.05, 4.69) is 10.3 Å². The van der Waals surface area contributed by atoms with E-state index in [1.54, 1.807) is 12.1 Å². The van der Waals surface area contributed by atoms with Crippen LogP contribution in [0.4, 0.5) is 13.2 Å². The summed E-state index contributed by atoms with van der Waals surface area (Å²) in [6, 6.07) is 9.59. The molecule has 1 aromatic heterocycles. The van der Waals surface area contributed by atoms with Crippen molar-refractivity contribution in [3.63, 3.8) is 0 Å². The first kappa shape index (κ1) is 25.8. The van der Waals surface area contributed by atoms with Crippen LogP contribution < -0.4 is 0 Å². The van der Waals surface area contributed by atoms with Gasteiger partial charge >= 0.3 is 11.9 Å². The fraction of sp³-hybridized carbons (Fsp3) is 0.360. The summed E-state index contributed by atoms with van der Waals surface area (Å²) in [4.78, 5) is 24.7. The molecule has 2 saturated heterocycles. The van der Waals surface area contributed by atoms with Crippen LogP contribution in [0.15, 0.2) is 48.7 Å². The lowest BCUT2D eigenvalue weighted by molar-refractivity contribution is -0.315. The molecular weight excluding hydrogens is 511 g/mol. The van der Waals surface area contributed by atoms with Gasteiger partial charge in [-0.05, 0) is 12.1 Å². The number of hydrogen-bond acceptors (Lipinski definition) is 9. The lowest BCUT2D eigenvalue weighted by Gasteiger charge is -2.48. The van der Waals surface area contributed by atoms with Gasteiger partial charge in [0, 0.05) is 18.1 Å². The minimum Gasteiger partial charge on any atom is -0.467 e. The lowest BCUT2D eigenvalue weighted by Crippen LogP contribution is -2.62. The summed E-state index contributed by atoms with van der Waals surface area (Å²) >= 11 is 0. The van der Waals surface area contributed by atoms with Crippen LogP contribution in [0.25, 0.3) is 11.3 Å². The van der Waals surface area contributed by atoms with Crippen LogP contribution in [0.5, 0.6) is 0 Å². The van der Waals surface area contributed by atoms with Gasteiger partial charge in [0.1, 0.15) is 23.9 Å². The zero-order valence-electron chi connectivity index (χ0n) is 20.1. The van der Waals surface area contributed by atoms with Crippen LogP contribution in [-0.2, 0) is 33.3 Å². The lowest BCUT2D eigenvalue weighted by atomic mass is 9.91. The summed E-state index contributed by atoms with van der Waals surface area (Å²) in [5, 5.41) is 8.04. The molecule has 0 bridgehead atoms. The Morgan fingerprint density at radius 3 is 2.45 bits per heavy atom. The first-order valence-corrected chi connectivity index (χ1v) is 11.6. The molecule has 0 aliphatic carbocycles. The smallest absolute Gasteiger partial charge is 0.339 e. The van der Waals surface area contributed by atoms with Crippen LogP contribution in [-0.4, -0.2) is 65.1 Å². The minimum atomic E-state index is -1.62. The largest absolute Gasteiger partial charge is 0.467 e. The second-order valence-electron chi connectivity index (χ2n) is 8.70. The van der Waals surface area contributed by atoms with E-state index in [-0.39, 0.29) is 17.9 Å². The molecule has 0 radical (unpaired) electrons. The molecule has 3 heterocycles. The average Bonchev–Trinajstić information content (AvgIpc) is 3.40. The van der Waals surface area contributed by atoms with Crippen molar-refractivity contribution in [1.82, 2.24) is 15.0 Å².